The molecule has 5 heteroatoms. The monoisotopic (exact) mass is 251 g/mol. The Kier molecular flexibility index (Phi) is 5.17. The Balaban J connectivity index is 2.72. The first kappa shape index (κ1) is 14.0. The highest BCUT2D eigenvalue weighted by molar-refractivity contribution is 5.91. The second-order valence-electron chi connectivity index (χ2n) is 3.85. The molecule has 0 aliphatic rings. The van der Waals surface area contributed by atoms with Gasteiger partial charge in [-0.1, -0.05) is 19.1 Å². The highest BCUT2D eigenvalue weighted by Crippen LogP contribution is 2.19. The van der Waals surface area contributed by atoms with Crippen LogP contribution in [0.1, 0.15) is 30.6 Å². The summed E-state index contributed by atoms with van der Waals surface area (Å²) in [5.41, 5.74) is 0.0487. The normalized spacial score (nSPS) is 11.7. The highest BCUT2D eigenvalue weighted by Gasteiger charge is 2.17. The van der Waals surface area contributed by atoms with Crippen LogP contribution in [0.2, 0.25) is 0 Å². The van der Waals surface area contributed by atoms with Gasteiger partial charge in [-0.2, -0.15) is 0 Å². The molecule has 0 heterocycles. The third-order valence-electron chi connectivity index (χ3n) is 2.34. The van der Waals surface area contributed by atoms with Crippen LogP contribution in [-0.2, 0) is 4.79 Å². The van der Waals surface area contributed by atoms with Crippen LogP contribution in [0, 0.1) is 0 Å². The smallest absolute Gasteiger partial charge is 0.339 e. The van der Waals surface area contributed by atoms with E-state index in [4.69, 9.17) is 9.84 Å². The van der Waals surface area contributed by atoms with Gasteiger partial charge in [0.1, 0.15) is 11.3 Å². The van der Waals surface area contributed by atoms with Gasteiger partial charge in [0.25, 0.3) is 5.91 Å². The Hall–Kier alpha value is -2.04. The Morgan fingerprint density at radius 2 is 2.06 bits per heavy atom. The van der Waals surface area contributed by atoms with Crippen molar-refractivity contribution in [1.82, 2.24) is 5.32 Å². The number of benzene rings is 1. The predicted octanol–water partition coefficient (Wildman–Crippen LogP) is 1.68. The molecule has 0 spiro atoms. The van der Waals surface area contributed by atoms with Gasteiger partial charge >= 0.3 is 5.97 Å². The van der Waals surface area contributed by atoms with Gasteiger partial charge in [-0.05, 0) is 25.5 Å². The van der Waals surface area contributed by atoms with Crippen LogP contribution >= 0.6 is 0 Å². The van der Waals surface area contributed by atoms with Crippen molar-refractivity contribution in [1.29, 1.82) is 0 Å². The molecular formula is C13H17NO4. The van der Waals surface area contributed by atoms with Crippen LogP contribution < -0.4 is 10.1 Å². The number of ether oxygens (including phenoxy) is 1. The van der Waals surface area contributed by atoms with Crippen molar-refractivity contribution < 1.29 is 19.4 Å². The average molecular weight is 251 g/mol. The second kappa shape index (κ2) is 6.64. The quantitative estimate of drug-likeness (QED) is 0.806. The Bertz CT molecular complexity index is 431. The van der Waals surface area contributed by atoms with Crippen molar-refractivity contribution in [2.24, 2.45) is 0 Å². The molecule has 0 aromatic heterocycles. The van der Waals surface area contributed by atoms with Crippen LogP contribution in [0.25, 0.3) is 0 Å². The van der Waals surface area contributed by atoms with Crippen LogP contribution in [0.5, 0.6) is 5.75 Å². The number of carbonyl (C=O) groups excluding carboxylic acids is 1. The fourth-order valence-electron chi connectivity index (χ4n) is 1.38. The van der Waals surface area contributed by atoms with E-state index in [0.29, 0.717) is 6.54 Å². The summed E-state index contributed by atoms with van der Waals surface area (Å²) in [6, 6.07) is 6.25. The minimum atomic E-state index is -1.08. The molecule has 0 saturated carbocycles. The first-order valence-electron chi connectivity index (χ1n) is 5.83. The van der Waals surface area contributed by atoms with Crippen molar-refractivity contribution in [2.45, 2.75) is 26.4 Å². The minimum Gasteiger partial charge on any atom is -0.480 e. The maximum atomic E-state index is 11.6. The number of carbonyl (C=O) groups is 2. The Labute approximate surface area is 106 Å². The molecule has 1 amide bonds. The zero-order valence-electron chi connectivity index (χ0n) is 10.5. The lowest BCUT2D eigenvalue weighted by atomic mass is 10.2. The topological polar surface area (TPSA) is 75.6 Å². The number of rotatable bonds is 6. The van der Waals surface area contributed by atoms with E-state index in [9.17, 15) is 9.59 Å². The molecule has 0 aliphatic carbocycles. The van der Waals surface area contributed by atoms with E-state index in [1.807, 2.05) is 6.92 Å². The Morgan fingerprint density at radius 1 is 1.39 bits per heavy atom. The molecule has 0 fully saturated rings. The summed E-state index contributed by atoms with van der Waals surface area (Å²) < 4.78 is 5.37. The summed E-state index contributed by atoms with van der Waals surface area (Å²) >= 11 is 0. The van der Waals surface area contributed by atoms with Gasteiger partial charge in [-0.25, -0.2) is 4.79 Å². The first-order valence-corrected chi connectivity index (χ1v) is 5.83. The van der Waals surface area contributed by atoms with E-state index in [1.165, 1.54) is 12.1 Å². The SMILES string of the molecule is CCCNC(=O)C(C)Oc1ccccc1C(=O)O. The average Bonchev–Trinajstić information content (AvgIpc) is 2.36. The lowest BCUT2D eigenvalue weighted by Gasteiger charge is -2.15. The van der Waals surface area contributed by atoms with E-state index in [0.717, 1.165) is 6.42 Å². The van der Waals surface area contributed by atoms with Crippen molar-refractivity contribution in [3.8, 4) is 5.75 Å². The van der Waals surface area contributed by atoms with Crippen molar-refractivity contribution in [3.63, 3.8) is 0 Å². The molecule has 0 saturated heterocycles. The van der Waals surface area contributed by atoms with Crippen LogP contribution in [0.4, 0.5) is 0 Å². The first-order chi connectivity index (χ1) is 8.56. The van der Waals surface area contributed by atoms with E-state index >= 15 is 0 Å². The molecule has 1 unspecified atom stereocenters. The summed E-state index contributed by atoms with van der Waals surface area (Å²) in [5, 5.41) is 11.7. The fraction of sp³-hybridized carbons (Fsp3) is 0.385. The maximum absolute atomic E-state index is 11.6. The van der Waals surface area contributed by atoms with Crippen LogP contribution in [0.3, 0.4) is 0 Å². The number of carboxylic acid groups (broad SMARTS) is 1. The number of hydrogen-bond acceptors (Lipinski definition) is 3. The molecule has 1 aromatic rings. The number of nitrogens with one attached hydrogen (secondary N) is 1. The van der Waals surface area contributed by atoms with Crippen LogP contribution in [-0.4, -0.2) is 29.6 Å². The van der Waals surface area contributed by atoms with Gasteiger partial charge in [0.05, 0.1) is 0 Å². The molecule has 1 rings (SSSR count). The van der Waals surface area contributed by atoms with Gasteiger partial charge < -0.3 is 15.2 Å². The highest BCUT2D eigenvalue weighted by atomic mass is 16.5. The second-order valence-corrected chi connectivity index (χ2v) is 3.85. The van der Waals surface area contributed by atoms with Gasteiger partial charge in [0.15, 0.2) is 6.10 Å². The summed E-state index contributed by atoms with van der Waals surface area (Å²) in [5.74, 6) is -1.13. The zero-order valence-corrected chi connectivity index (χ0v) is 10.5. The largest absolute Gasteiger partial charge is 0.480 e. The van der Waals surface area contributed by atoms with Gasteiger partial charge in [-0.15, -0.1) is 0 Å². The minimum absolute atomic E-state index is 0.0487. The van der Waals surface area contributed by atoms with E-state index in [1.54, 1.807) is 19.1 Å². The third-order valence-corrected chi connectivity index (χ3v) is 2.34. The molecule has 0 bridgehead atoms. The molecule has 1 atom stereocenters. The molecule has 98 valence electrons. The summed E-state index contributed by atoms with van der Waals surface area (Å²) in [6.07, 6.45) is 0.113. The predicted molar refractivity (Wildman–Crippen MR) is 66.8 cm³/mol. The van der Waals surface area contributed by atoms with Crippen LogP contribution in [0.15, 0.2) is 24.3 Å². The lowest BCUT2D eigenvalue weighted by molar-refractivity contribution is -0.127. The number of hydrogen-bond donors (Lipinski definition) is 2. The number of amides is 1. The molecule has 1 aromatic carbocycles. The molecule has 18 heavy (non-hydrogen) atoms. The van der Waals surface area contributed by atoms with E-state index < -0.39 is 12.1 Å². The molecule has 0 aliphatic heterocycles. The molecule has 2 N–H and O–H groups in total. The van der Waals surface area contributed by atoms with Gasteiger partial charge in [-0.3, -0.25) is 4.79 Å². The number of aromatic carboxylic acids is 1. The maximum Gasteiger partial charge on any atom is 0.339 e. The summed E-state index contributed by atoms with van der Waals surface area (Å²) in [6.45, 7) is 4.11. The zero-order chi connectivity index (χ0) is 13.5. The fourth-order valence-corrected chi connectivity index (χ4v) is 1.38. The number of carboxylic acids is 1. The lowest BCUT2D eigenvalue weighted by Crippen LogP contribution is -2.36. The third kappa shape index (κ3) is 3.76. The summed E-state index contributed by atoms with van der Waals surface area (Å²) in [4.78, 5) is 22.6. The van der Waals surface area contributed by atoms with Crippen molar-refractivity contribution in [2.75, 3.05) is 6.54 Å². The van der Waals surface area contributed by atoms with Crippen molar-refractivity contribution >= 4 is 11.9 Å². The molecule has 5 nitrogen and oxygen atoms in total. The van der Waals surface area contributed by atoms with E-state index in [-0.39, 0.29) is 17.2 Å². The van der Waals surface area contributed by atoms with Gasteiger partial charge in [0.2, 0.25) is 0 Å². The molecule has 0 radical (unpaired) electrons. The van der Waals surface area contributed by atoms with Gasteiger partial charge in [0, 0.05) is 6.54 Å². The van der Waals surface area contributed by atoms with Crippen molar-refractivity contribution in [3.05, 3.63) is 29.8 Å². The van der Waals surface area contributed by atoms with E-state index in [2.05, 4.69) is 5.32 Å². The number of para-hydroxylation sites is 1. The standard InChI is InChI=1S/C13H17NO4/c1-3-8-14-12(15)9(2)18-11-7-5-4-6-10(11)13(16)17/h4-7,9H,3,8H2,1-2H3,(H,14,15)(H,16,17). The Morgan fingerprint density at radius 3 is 2.67 bits per heavy atom. The molecular weight excluding hydrogens is 234 g/mol. The summed E-state index contributed by atoms with van der Waals surface area (Å²) in [7, 11) is 0.